The summed E-state index contributed by atoms with van der Waals surface area (Å²) in [5.41, 5.74) is -0.634. The Hall–Kier alpha value is -2.18. The molecule has 0 aliphatic rings. The highest BCUT2D eigenvalue weighted by molar-refractivity contribution is 5.80. The molecule has 1 atom stereocenters. The van der Waals surface area contributed by atoms with Crippen LogP contribution in [-0.2, 0) is 4.79 Å². The third-order valence-electron chi connectivity index (χ3n) is 2.04. The molecule has 0 spiro atoms. The average molecular weight is 242 g/mol. The maximum atomic E-state index is 13.2. The molecule has 0 radical (unpaired) electrons. The lowest BCUT2D eigenvalue weighted by atomic mass is 10.3. The minimum absolute atomic E-state index is 0.0594. The second kappa shape index (κ2) is 5.24. The van der Waals surface area contributed by atoms with Crippen LogP contribution in [0, 0.1) is 15.9 Å². The lowest BCUT2D eigenvalue weighted by molar-refractivity contribution is -0.387. The Bertz CT molecular complexity index is 450. The van der Waals surface area contributed by atoms with E-state index in [4.69, 9.17) is 4.74 Å². The molecule has 0 saturated heterocycles. The van der Waals surface area contributed by atoms with Gasteiger partial charge in [-0.25, -0.2) is 0 Å². The molecular formula is C10H11FN2O4. The fraction of sp³-hybridized carbons (Fsp3) is 0.300. The van der Waals surface area contributed by atoms with Crippen molar-refractivity contribution in [1.82, 2.24) is 5.32 Å². The summed E-state index contributed by atoms with van der Waals surface area (Å²) in [6, 6.07) is 3.10. The summed E-state index contributed by atoms with van der Waals surface area (Å²) in [4.78, 5) is 20.7. The summed E-state index contributed by atoms with van der Waals surface area (Å²) in [6.45, 7) is 1.48. The van der Waals surface area contributed by atoms with Crippen LogP contribution in [0.15, 0.2) is 18.2 Å². The van der Waals surface area contributed by atoms with Gasteiger partial charge in [-0.05, 0) is 13.0 Å². The summed E-state index contributed by atoms with van der Waals surface area (Å²) >= 11 is 0. The molecule has 1 unspecified atom stereocenters. The minimum atomic E-state index is -1.00. The fourth-order valence-electron chi connectivity index (χ4n) is 1.17. The van der Waals surface area contributed by atoms with E-state index in [1.54, 1.807) is 0 Å². The summed E-state index contributed by atoms with van der Waals surface area (Å²) < 4.78 is 18.3. The smallest absolute Gasteiger partial charge is 0.305 e. The van der Waals surface area contributed by atoms with Crippen LogP contribution in [0.4, 0.5) is 10.1 Å². The normalized spacial score (nSPS) is 11.7. The number of halogens is 1. The lowest BCUT2D eigenvalue weighted by Gasteiger charge is -2.12. The number of benzene rings is 1. The molecule has 1 rings (SSSR count). The van der Waals surface area contributed by atoms with Crippen molar-refractivity contribution in [3.8, 4) is 5.75 Å². The predicted molar refractivity (Wildman–Crippen MR) is 57.2 cm³/mol. The molecule has 1 N–H and O–H groups in total. The summed E-state index contributed by atoms with van der Waals surface area (Å²) in [5, 5.41) is 12.7. The quantitative estimate of drug-likeness (QED) is 0.636. The Balaban J connectivity index is 2.84. The number of carbonyl (C=O) groups excluding carboxylic acids is 1. The first-order chi connectivity index (χ1) is 7.95. The predicted octanol–water partition coefficient (Wildman–Crippen LogP) is 1.25. The summed E-state index contributed by atoms with van der Waals surface area (Å²) in [5.74, 6) is -1.32. The van der Waals surface area contributed by atoms with Crippen LogP contribution in [0.2, 0.25) is 0 Å². The van der Waals surface area contributed by atoms with Crippen molar-refractivity contribution >= 4 is 11.6 Å². The molecule has 0 saturated carbocycles. The van der Waals surface area contributed by atoms with Gasteiger partial charge in [0.05, 0.1) is 4.92 Å². The molecule has 0 bridgehead atoms. The zero-order chi connectivity index (χ0) is 13.0. The van der Waals surface area contributed by atoms with E-state index < -0.39 is 22.5 Å². The Labute approximate surface area is 96.5 Å². The second-order valence-electron chi connectivity index (χ2n) is 3.24. The van der Waals surface area contributed by atoms with Crippen LogP contribution < -0.4 is 10.1 Å². The Morgan fingerprint density at radius 3 is 2.71 bits per heavy atom. The van der Waals surface area contributed by atoms with Crippen molar-refractivity contribution in [2.24, 2.45) is 0 Å². The van der Waals surface area contributed by atoms with E-state index in [9.17, 15) is 19.3 Å². The number of nitrogens with one attached hydrogen (secondary N) is 1. The first-order valence-electron chi connectivity index (χ1n) is 4.78. The SMILES string of the molecule is CNC(=O)C(C)Oc1ccc([N+](=O)[O-])c(F)c1. The van der Waals surface area contributed by atoms with E-state index in [1.807, 2.05) is 0 Å². The maximum absolute atomic E-state index is 13.2. The van der Waals surface area contributed by atoms with Crippen LogP contribution in [0.1, 0.15) is 6.92 Å². The van der Waals surface area contributed by atoms with E-state index in [0.717, 1.165) is 12.1 Å². The molecule has 1 aromatic carbocycles. The summed E-state index contributed by atoms with van der Waals surface area (Å²) in [7, 11) is 1.44. The molecule has 0 aliphatic heterocycles. The Morgan fingerprint density at radius 2 is 2.24 bits per heavy atom. The standard InChI is InChI=1S/C10H11FN2O4/c1-6(10(14)12-2)17-7-3-4-9(13(15)16)8(11)5-7/h3-6H,1-2H3,(H,12,14). The van der Waals surface area contributed by atoms with Gasteiger partial charge in [0.1, 0.15) is 5.75 Å². The van der Waals surface area contributed by atoms with Crippen molar-refractivity contribution in [3.05, 3.63) is 34.1 Å². The number of likely N-dealkylation sites (N-methyl/N-ethyl adjacent to an activating group) is 1. The van der Waals surface area contributed by atoms with Gasteiger partial charge in [0.25, 0.3) is 5.91 Å². The molecule has 0 aromatic heterocycles. The van der Waals surface area contributed by atoms with Gasteiger partial charge in [0, 0.05) is 19.2 Å². The number of hydrogen-bond acceptors (Lipinski definition) is 4. The molecule has 7 heteroatoms. The van der Waals surface area contributed by atoms with Crippen molar-refractivity contribution in [1.29, 1.82) is 0 Å². The van der Waals surface area contributed by atoms with E-state index in [2.05, 4.69) is 5.32 Å². The minimum Gasteiger partial charge on any atom is -0.481 e. The van der Waals surface area contributed by atoms with Crippen molar-refractivity contribution in [3.63, 3.8) is 0 Å². The molecule has 17 heavy (non-hydrogen) atoms. The van der Waals surface area contributed by atoms with Gasteiger partial charge >= 0.3 is 5.69 Å². The van der Waals surface area contributed by atoms with E-state index in [1.165, 1.54) is 20.0 Å². The number of nitro benzene ring substituents is 1. The highest BCUT2D eigenvalue weighted by Gasteiger charge is 2.17. The van der Waals surface area contributed by atoms with Gasteiger partial charge in [-0.15, -0.1) is 0 Å². The van der Waals surface area contributed by atoms with Crippen molar-refractivity contribution < 1.29 is 18.8 Å². The van der Waals surface area contributed by atoms with Gasteiger partial charge in [-0.1, -0.05) is 0 Å². The zero-order valence-electron chi connectivity index (χ0n) is 9.27. The van der Waals surface area contributed by atoms with E-state index >= 15 is 0 Å². The number of ether oxygens (including phenoxy) is 1. The third kappa shape index (κ3) is 3.13. The van der Waals surface area contributed by atoms with Gasteiger partial charge in [-0.3, -0.25) is 14.9 Å². The highest BCUT2D eigenvalue weighted by Crippen LogP contribution is 2.22. The molecule has 92 valence electrons. The van der Waals surface area contributed by atoms with Crippen LogP contribution in [0.25, 0.3) is 0 Å². The van der Waals surface area contributed by atoms with Gasteiger partial charge in [-0.2, -0.15) is 4.39 Å². The molecular weight excluding hydrogens is 231 g/mol. The molecule has 1 amide bonds. The number of carbonyl (C=O) groups is 1. The van der Waals surface area contributed by atoms with Crippen molar-refractivity contribution in [2.75, 3.05) is 7.05 Å². The Morgan fingerprint density at radius 1 is 1.59 bits per heavy atom. The fourth-order valence-corrected chi connectivity index (χ4v) is 1.17. The van der Waals surface area contributed by atoms with Crippen LogP contribution in [-0.4, -0.2) is 24.0 Å². The van der Waals surface area contributed by atoms with Crippen molar-refractivity contribution in [2.45, 2.75) is 13.0 Å². The molecule has 0 aliphatic carbocycles. The molecule has 0 heterocycles. The first kappa shape index (κ1) is 12.9. The summed E-state index contributed by atoms with van der Waals surface area (Å²) in [6.07, 6.45) is -0.805. The van der Waals surface area contributed by atoms with Crippen LogP contribution in [0.3, 0.4) is 0 Å². The van der Waals surface area contributed by atoms with Gasteiger partial charge < -0.3 is 10.1 Å². The molecule has 6 nitrogen and oxygen atoms in total. The zero-order valence-corrected chi connectivity index (χ0v) is 9.27. The number of amides is 1. The first-order valence-corrected chi connectivity index (χ1v) is 4.78. The number of hydrogen-bond donors (Lipinski definition) is 1. The van der Waals surface area contributed by atoms with Gasteiger partial charge in [0.15, 0.2) is 6.10 Å². The lowest BCUT2D eigenvalue weighted by Crippen LogP contribution is -2.33. The van der Waals surface area contributed by atoms with E-state index in [-0.39, 0.29) is 11.7 Å². The second-order valence-corrected chi connectivity index (χ2v) is 3.24. The van der Waals surface area contributed by atoms with Gasteiger partial charge in [0.2, 0.25) is 5.82 Å². The topological polar surface area (TPSA) is 81.5 Å². The maximum Gasteiger partial charge on any atom is 0.305 e. The van der Waals surface area contributed by atoms with E-state index in [0.29, 0.717) is 0 Å². The Kier molecular flexibility index (Phi) is 3.97. The van der Waals surface area contributed by atoms with Crippen LogP contribution in [0.5, 0.6) is 5.75 Å². The molecule has 0 fully saturated rings. The number of nitro groups is 1. The number of nitrogens with zero attached hydrogens (tertiary/aromatic N) is 1. The largest absolute Gasteiger partial charge is 0.481 e. The monoisotopic (exact) mass is 242 g/mol. The van der Waals surface area contributed by atoms with Crippen LogP contribution >= 0.6 is 0 Å². The third-order valence-corrected chi connectivity index (χ3v) is 2.04. The average Bonchev–Trinajstić information content (AvgIpc) is 2.27. The highest BCUT2D eigenvalue weighted by atomic mass is 19.1. The number of rotatable bonds is 4. The molecule has 1 aromatic rings.